The molecule has 2 saturated heterocycles. The molecule has 2 fully saturated rings. The Bertz CT molecular complexity index is 2260. The van der Waals surface area contributed by atoms with Crippen molar-refractivity contribution in [3.8, 4) is 11.6 Å². The fourth-order valence-electron chi connectivity index (χ4n) is 8.03. The Hall–Kier alpha value is -5.41. The number of aromatic nitrogens is 3. The zero-order chi connectivity index (χ0) is 37.5. The van der Waals surface area contributed by atoms with Crippen LogP contribution in [0.15, 0.2) is 67.3 Å². The molecular formula is C39H45FN8O6. The van der Waals surface area contributed by atoms with Crippen LogP contribution in [0.25, 0.3) is 10.9 Å². The highest BCUT2D eigenvalue weighted by atomic mass is 19.1. The Morgan fingerprint density at radius 1 is 1.04 bits per heavy atom. The lowest BCUT2D eigenvalue weighted by Gasteiger charge is -2.40. The molecule has 284 valence electrons. The van der Waals surface area contributed by atoms with E-state index in [1.54, 1.807) is 20.2 Å². The third-order valence-electron chi connectivity index (χ3n) is 10.9. The van der Waals surface area contributed by atoms with E-state index in [4.69, 9.17) is 24.0 Å². The highest BCUT2D eigenvalue weighted by Crippen LogP contribution is 2.42. The molecule has 3 aliphatic rings. The highest BCUT2D eigenvalue weighted by molar-refractivity contribution is 5.92. The van der Waals surface area contributed by atoms with Gasteiger partial charge < -0.3 is 38.4 Å². The standard InChI is InChI=1S/C39H45FN8O6/c1-24-23-52-38-35-30(16-31(40)36(38)45-13-11-44(12-14-45)22-32-25(2)53-39(50)54-32)37(49)27(20-48(24)35)19-47(18-26-8-9-42-34(15-26)51-3)29-5-4-10-46(21-29)28-6-7-33(41)43-17-28/h6-9,15-17,20,24,29H,4-5,10-14,18-19,21-23H2,1-3H3,(H2,41,43)/t24?,29-/m0/s1. The molecule has 2 atom stereocenters. The molecule has 15 heteroatoms. The second kappa shape index (κ2) is 14.8. The lowest BCUT2D eigenvalue weighted by molar-refractivity contribution is 0.157. The molecule has 4 aromatic heterocycles. The first-order valence-electron chi connectivity index (χ1n) is 18.4. The van der Waals surface area contributed by atoms with Crippen LogP contribution >= 0.6 is 0 Å². The van der Waals surface area contributed by atoms with E-state index >= 15 is 4.39 Å². The highest BCUT2D eigenvalue weighted by Gasteiger charge is 2.33. The second-order valence-electron chi connectivity index (χ2n) is 14.5. The minimum Gasteiger partial charge on any atom is -0.487 e. The summed E-state index contributed by atoms with van der Waals surface area (Å²) in [6.07, 6.45) is 7.40. The summed E-state index contributed by atoms with van der Waals surface area (Å²) in [6.45, 7) is 9.35. The number of rotatable bonds is 10. The molecule has 1 aromatic carbocycles. The third kappa shape index (κ3) is 7.00. The SMILES string of the molecule is COc1cc(CN(Cc2cn3c4c(c(N5CCN(Cc6oc(=O)oc6C)CC5)c(F)cc4c2=O)OCC3C)[C@H]2CCCN(c3ccc(N)nc3)C2)ccn1. The summed E-state index contributed by atoms with van der Waals surface area (Å²) in [4.78, 5) is 43.4. The third-order valence-corrected chi connectivity index (χ3v) is 10.9. The van der Waals surface area contributed by atoms with Crippen molar-refractivity contribution in [3.63, 3.8) is 0 Å². The van der Waals surface area contributed by atoms with Gasteiger partial charge in [-0.15, -0.1) is 0 Å². The van der Waals surface area contributed by atoms with Crippen LogP contribution in [0.5, 0.6) is 11.6 Å². The monoisotopic (exact) mass is 740 g/mol. The van der Waals surface area contributed by atoms with Crippen molar-refractivity contribution in [2.75, 3.05) is 68.5 Å². The summed E-state index contributed by atoms with van der Waals surface area (Å²) in [5.74, 6) is 1.16. The number of piperazine rings is 1. The molecule has 14 nitrogen and oxygen atoms in total. The van der Waals surface area contributed by atoms with Crippen LogP contribution in [0.1, 0.15) is 48.5 Å². The number of aryl methyl sites for hydroxylation is 1. The molecule has 0 bridgehead atoms. The van der Waals surface area contributed by atoms with Crippen molar-refractivity contribution in [1.29, 1.82) is 0 Å². The summed E-state index contributed by atoms with van der Waals surface area (Å²) in [5.41, 5.74) is 9.27. The first-order chi connectivity index (χ1) is 26.1. The van der Waals surface area contributed by atoms with Crippen LogP contribution in [0.3, 0.4) is 0 Å². The fraction of sp³-hybridized carbons (Fsp3) is 0.436. The molecule has 0 saturated carbocycles. The summed E-state index contributed by atoms with van der Waals surface area (Å²) in [6, 6.07) is 9.12. The molecule has 2 N–H and O–H groups in total. The van der Waals surface area contributed by atoms with Gasteiger partial charge >= 0.3 is 5.82 Å². The quantitative estimate of drug-likeness (QED) is 0.217. The van der Waals surface area contributed by atoms with Crippen LogP contribution in [-0.2, 0) is 19.6 Å². The van der Waals surface area contributed by atoms with Crippen molar-refractivity contribution in [2.24, 2.45) is 0 Å². The molecule has 5 aromatic rings. The lowest BCUT2D eigenvalue weighted by atomic mass is 10.0. The van der Waals surface area contributed by atoms with E-state index in [1.165, 1.54) is 6.07 Å². The van der Waals surface area contributed by atoms with Crippen LogP contribution in [-0.4, -0.2) is 83.4 Å². The Kier molecular flexibility index (Phi) is 9.75. The second-order valence-corrected chi connectivity index (χ2v) is 14.5. The summed E-state index contributed by atoms with van der Waals surface area (Å²) in [5, 5.41) is 0.308. The minimum atomic E-state index is -0.714. The average Bonchev–Trinajstić information content (AvgIpc) is 3.50. The topological polar surface area (TPSA) is 149 Å². The number of ether oxygens (including phenoxy) is 2. The first kappa shape index (κ1) is 35.6. The molecule has 0 spiro atoms. The fourth-order valence-corrected chi connectivity index (χ4v) is 8.03. The Balaban J connectivity index is 1.11. The molecule has 54 heavy (non-hydrogen) atoms. The van der Waals surface area contributed by atoms with Crippen molar-refractivity contribution in [2.45, 2.75) is 58.4 Å². The number of hydrogen-bond donors (Lipinski definition) is 1. The van der Waals surface area contributed by atoms with Gasteiger partial charge in [-0.3, -0.25) is 14.6 Å². The predicted octanol–water partition coefficient (Wildman–Crippen LogP) is 4.32. The Labute approximate surface area is 311 Å². The number of nitrogen functional groups attached to an aromatic ring is 1. The molecule has 1 unspecified atom stereocenters. The van der Waals surface area contributed by atoms with E-state index in [0.717, 1.165) is 37.2 Å². The maximum atomic E-state index is 16.4. The van der Waals surface area contributed by atoms with Crippen molar-refractivity contribution in [3.05, 3.63) is 98.2 Å². The van der Waals surface area contributed by atoms with E-state index in [2.05, 4.69) is 36.2 Å². The minimum absolute atomic E-state index is 0.0801. The molecular weight excluding hydrogens is 695 g/mol. The van der Waals surface area contributed by atoms with Gasteiger partial charge in [-0.25, -0.2) is 19.2 Å². The number of halogens is 1. The van der Waals surface area contributed by atoms with E-state index in [1.807, 2.05) is 41.6 Å². The van der Waals surface area contributed by atoms with Crippen LogP contribution in [0.2, 0.25) is 0 Å². The number of nitrogens with two attached hydrogens (primary N) is 1. The van der Waals surface area contributed by atoms with Gasteiger partial charge in [0.05, 0.1) is 42.5 Å². The largest absolute Gasteiger partial charge is 0.519 e. The Morgan fingerprint density at radius 3 is 2.61 bits per heavy atom. The summed E-state index contributed by atoms with van der Waals surface area (Å²) in [7, 11) is 1.60. The number of piperidine rings is 1. The number of nitrogens with zero attached hydrogens (tertiary/aromatic N) is 7. The molecule has 0 radical (unpaired) electrons. The number of benzene rings is 1. The zero-order valence-corrected chi connectivity index (χ0v) is 30.8. The number of pyridine rings is 3. The molecule has 8 rings (SSSR count). The van der Waals surface area contributed by atoms with Gasteiger partial charge in [0.1, 0.15) is 23.9 Å². The normalized spacial score (nSPS) is 19.1. The molecule has 0 aliphatic carbocycles. The van der Waals surface area contributed by atoms with E-state index in [-0.39, 0.29) is 17.5 Å². The van der Waals surface area contributed by atoms with Crippen molar-refractivity contribution < 1.29 is 22.7 Å². The van der Waals surface area contributed by atoms with Crippen molar-refractivity contribution >= 4 is 28.1 Å². The predicted molar refractivity (Wildman–Crippen MR) is 202 cm³/mol. The van der Waals surface area contributed by atoms with Gasteiger partial charge in [-0.1, -0.05) is 0 Å². The van der Waals surface area contributed by atoms with E-state index in [0.29, 0.717) is 104 Å². The average molecular weight is 741 g/mol. The van der Waals surface area contributed by atoms with Gasteiger partial charge in [-0.05, 0) is 56.5 Å². The van der Waals surface area contributed by atoms with Crippen LogP contribution in [0.4, 0.5) is 21.6 Å². The molecule has 0 amide bonds. The van der Waals surface area contributed by atoms with Gasteiger partial charge in [0.15, 0.2) is 22.8 Å². The lowest BCUT2D eigenvalue weighted by Crippen LogP contribution is -2.48. The maximum Gasteiger partial charge on any atom is 0.519 e. The van der Waals surface area contributed by atoms with Gasteiger partial charge in [0, 0.05) is 82.4 Å². The number of hydrogen-bond acceptors (Lipinski definition) is 13. The summed E-state index contributed by atoms with van der Waals surface area (Å²) >= 11 is 0. The Morgan fingerprint density at radius 2 is 1.87 bits per heavy atom. The molecule has 3 aliphatic heterocycles. The van der Waals surface area contributed by atoms with Crippen LogP contribution < -0.4 is 36.3 Å². The van der Waals surface area contributed by atoms with E-state index < -0.39 is 11.6 Å². The van der Waals surface area contributed by atoms with Crippen LogP contribution in [0, 0.1) is 12.7 Å². The van der Waals surface area contributed by atoms with Crippen molar-refractivity contribution in [1.82, 2.24) is 24.3 Å². The van der Waals surface area contributed by atoms with Gasteiger partial charge in [-0.2, -0.15) is 0 Å². The smallest absolute Gasteiger partial charge is 0.487 e. The van der Waals surface area contributed by atoms with E-state index in [9.17, 15) is 9.59 Å². The number of methoxy groups -OCH3 is 1. The van der Waals surface area contributed by atoms with Gasteiger partial charge in [0.25, 0.3) is 0 Å². The number of anilines is 3. The first-order valence-corrected chi connectivity index (χ1v) is 18.4. The maximum absolute atomic E-state index is 16.4. The van der Waals surface area contributed by atoms with Gasteiger partial charge in [0.2, 0.25) is 5.88 Å². The molecule has 7 heterocycles. The zero-order valence-electron chi connectivity index (χ0n) is 30.8. The summed E-state index contributed by atoms with van der Waals surface area (Å²) < 4.78 is 40.4.